The zero-order valence-corrected chi connectivity index (χ0v) is 43.7. The second-order valence-electron chi connectivity index (χ2n) is 21.9. The van der Waals surface area contributed by atoms with E-state index in [0.717, 1.165) is 61.6 Å². The summed E-state index contributed by atoms with van der Waals surface area (Å²) in [7, 11) is 0. The Hall–Kier alpha value is -9.76. The van der Waals surface area contributed by atoms with Crippen molar-refractivity contribution < 1.29 is 6.85 Å². The SMILES string of the molecule is [2H]c1c([2H])c([2H])c(N(c2ccccc2)c2ccc3c(c2)C2(c4ccccc4-c4ccc(N(c5ccc6c(c5)C(C)(C)c5ccccc5-6)c5cccc6c5C(c5ccccc5)(c5ccccc5)c5ccccc5-6)cc42)c2ccccc2-3)c([2H])c1[2H]. The molecule has 12 aromatic rings. The van der Waals surface area contributed by atoms with Gasteiger partial charge in [0.25, 0.3) is 0 Å². The third-order valence-electron chi connectivity index (χ3n) is 17.8. The predicted molar refractivity (Wildman–Crippen MR) is 327 cm³/mol. The van der Waals surface area contributed by atoms with Gasteiger partial charge in [0.1, 0.15) is 0 Å². The quantitative estimate of drug-likeness (QED) is 0.150. The highest BCUT2D eigenvalue weighted by Crippen LogP contribution is 2.65. The van der Waals surface area contributed by atoms with Crippen LogP contribution in [-0.4, -0.2) is 0 Å². The van der Waals surface area contributed by atoms with Crippen LogP contribution in [0.3, 0.4) is 0 Å². The van der Waals surface area contributed by atoms with Gasteiger partial charge in [0, 0.05) is 39.4 Å². The Morgan fingerprint density at radius 1 is 0.278 bits per heavy atom. The molecule has 4 aliphatic rings. The summed E-state index contributed by atoms with van der Waals surface area (Å²) in [6, 6.07) is 93.0. The second-order valence-corrected chi connectivity index (χ2v) is 21.9. The summed E-state index contributed by atoms with van der Waals surface area (Å²) in [6.07, 6.45) is 0. The Morgan fingerprint density at radius 3 is 1.22 bits per heavy atom. The lowest BCUT2D eigenvalue weighted by Gasteiger charge is -2.38. The first-order valence-corrected chi connectivity index (χ1v) is 27.3. The number of nitrogens with zero attached hydrogens (tertiary/aromatic N) is 2. The first kappa shape index (κ1) is 40.5. The Balaban J connectivity index is 0.995. The van der Waals surface area contributed by atoms with Crippen LogP contribution in [0, 0.1) is 0 Å². The highest BCUT2D eigenvalue weighted by atomic mass is 15.2. The Kier molecular flexibility index (Phi) is 8.77. The van der Waals surface area contributed by atoms with Crippen molar-refractivity contribution in [3.05, 3.63) is 347 Å². The molecule has 0 saturated carbocycles. The van der Waals surface area contributed by atoms with E-state index in [2.05, 4.69) is 243 Å². The summed E-state index contributed by atoms with van der Waals surface area (Å²) in [5, 5.41) is 0. The molecule has 0 N–H and O–H groups in total. The molecule has 12 aromatic carbocycles. The summed E-state index contributed by atoms with van der Waals surface area (Å²) < 4.78 is 45.1. The molecule has 0 fully saturated rings. The van der Waals surface area contributed by atoms with Crippen LogP contribution in [0.4, 0.5) is 34.1 Å². The molecule has 0 amide bonds. The maximum atomic E-state index is 9.37. The van der Waals surface area contributed by atoms with Crippen LogP contribution >= 0.6 is 0 Å². The van der Waals surface area contributed by atoms with Crippen molar-refractivity contribution >= 4 is 34.1 Å². The van der Waals surface area contributed by atoms with E-state index in [1.165, 1.54) is 55.6 Å². The molecule has 372 valence electrons. The zero-order chi connectivity index (χ0) is 56.8. The summed E-state index contributed by atoms with van der Waals surface area (Å²) in [5.41, 5.74) is 24.0. The van der Waals surface area contributed by atoms with Crippen molar-refractivity contribution in [2.24, 2.45) is 0 Å². The van der Waals surface area contributed by atoms with Gasteiger partial charge >= 0.3 is 0 Å². The van der Waals surface area contributed by atoms with Gasteiger partial charge in [0.05, 0.1) is 23.4 Å². The first-order valence-electron chi connectivity index (χ1n) is 29.8. The van der Waals surface area contributed by atoms with Crippen molar-refractivity contribution in [3.8, 4) is 44.5 Å². The molecule has 0 aliphatic heterocycles. The van der Waals surface area contributed by atoms with Crippen molar-refractivity contribution in [1.29, 1.82) is 0 Å². The third kappa shape index (κ3) is 6.23. The van der Waals surface area contributed by atoms with Gasteiger partial charge < -0.3 is 9.80 Å². The number of anilines is 6. The third-order valence-corrected chi connectivity index (χ3v) is 17.8. The topological polar surface area (TPSA) is 6.48 Å². The first-order chi connectivity index (χ1) is 41.0. The molecule has 79 heavy (non-hydrogen) atoms. The number of para-hydroxylation sites is 2. The maximum absolute atomic E-state index is 9.37. The normalized spacial score (nSPS) is 16.6. The predicted octanol–water partition coefficient (Wildman–Crippen LogP) is 19.6. The Bertz CT molecular complexity index is 4650. The fraction of sp³-hybridized carbons (Fsp3) is 0.0649. The Labute approximate surface area is 469 Å². The molecule has 16 rings (SSSR count). The van der Waals surface area contributed by atoms with Crippen LogP contribution in [0.15, 0.2) is 291 Å². The molecule has 4 aliphatic carbocycles. The van der Waals surface area contributed by atoms with Gasteiger partial charge in [-0.2, -0.15) is 0 Å². The van der Waals surface area contributed by atoms with E-state index in [9.17, 15) is 2.74 Å². The van der Waals surface area contributed by atoms with E-state index < -0.39 is 16.9 Å². The number of hydrogen-bond acceptors (Lipinski definition) is 2. The van der Waals surface area contributed by atoms with Gasteiger partial charge in [-0.15, -0.1) is 0 Å². The molecular formula is C77H54N2. The van der Waals surface area contributed by atoms with E-state index >= 15 is 0 Å². The number of hydrogen-bond donors (Lipinski definition) is 0. The second kappa shape index (κ2) is 17.1. The van der Waals surface area contributed by atoms with E-state index in [1.807, 2.05) is 41.3 Å². The summed E-state index contributed by atoms with van der Waals surface area (Å²) in [6.45, 7) is 4.71. The fourth-order valence-electron chi connectivity index (χ4n) is 14.7. The monoisotopic (exact) mass is 1010 g/mol. The summed E-state index contributed by atoms with van der Waals surface area (Å²) in [5.74, 6) is 0. The molecule has 0 radical (unpaired) electrons. The molecule has 0 bridgehead atoms. The minimum atomic E-state index is -0.855. The lowest BCUT2D eigenvalue weighted by Crippen LogP contribution is -2.30. The van der Waals surface area contributed by atoms with Gasteiger partial charge in [-0.1, -0.05) is 238 Å². The number of rotatable bonds is 8. The maximum Gasteiger partial charge on any atom is 0.0734 e. The van der Waals surface area contributed by atoms with Crippen molar-refractivity contribution in [3.63, 3.8) is 0 Å². The average Bonchev–Trinajstić information content (AvgIpc) is 1.56. The van der Waals surface area contributed by atoms with Gasteiger partial charge in [0.15, 0.2) is 0 Å². The van der Waals surface area contributed by atoms with E-state index in [4.69, 9.17) is 4.11 Å². The van der Waals surface area contributed by atoms with E-state index in [0.29, 0.717) is 11.4 Å². The number of fused-ring (bicyclic) bond motifs is 16. The molecule has 0 heterocycles. The standard InChI is InChI=1S/C77H54N2/c1-75(2)66-37-19-15-32-58(66)62-45-43-56(48-70(62)75)79(73-41-23-36-65-61-35-18-20-38-67(61)76(74(65)73,51-24-7-3-8-25-51)52-26-9-4-10-27-52)57-44-47-64-60-34-17-22-40-69(60)77(72(64)50-57)68-39-21-16-33-59(68)63-46-42-55(49-71(63)77)78(53-28-11-5-12-29-53)54-30-13-6-14-31-54/h3-50H,1-2H3/i5D,11D,12D,28D,29D. The molecule has 0 aromatic heterocycles. The molecule has 1 atom stereocenters. The van der Waals surface area contributed by atoms with Crippen LogP contribution in [0.2, 0.25) is 0 Å². The van der Waals surface area contributed by atoms with E-state index in [1.54, 1.807) is 0 Å². The number of benzene rings is 12. The van der Waals surface area contributed by atoms with Gasteiger partial charge in [-0.05, 0) is 161 Å². The van der Waals surface area contributed by atoms with Crippen molar-refractivity contribution in [1.82, 2.24) is 0 Å². The lowest BCUT2D eigenvalue weighted by atomic mass is 9.67. The van der Waals surface area contributed by atoms with Crippen LogP contribution in [0.1, 0.15) is 76.3 Å². The largest absolute Gasteiger partial charge is 0.310 e. The van der Waals surface area contributed by atoms with Crippen molar-refractivity contribution in [2.45, 2.75) is 30.1 Å². The van der Waals surface area contributed by atoms with Gasteiger partial charge in [-0.3, -0.25) is 0 Å². The fourth-order valence-corrected chi connectivity index (χ4v) is 14.7. The van der Waals surface area contributed by atoms with Crippen LogP contribution < -0.4 is 9.80 Å². The molecule has 2 nitrogen and oxygen atoms in total. The molecule has 1 spiro atoms. The van der Waals surface area contributed by atoms with Crippen LogP contribution in [0.25, 0.3) is 44.5 Å². The average molecular weight is 1010 g/mol. The smallest absolute Gasteiger partial charge is 0.0734 e. The minimum Gasteiger partial charge on any atom is -0.310 e. The highest BCUT2D eigenvalue weighted by molar-refractivity contribution is 6.00. The minimum absolute atomic E-state index is 0.0853. The van der Waals surface area contributed by atoms with E-state index in [-0.39, 0.29) is 35.3 Å². The lowest BCUT2D eigenvalue weighted by molar-refractivity contribution is 0.660. The van der Waals surface area contributed by atoms with Gasteiger partial charge in [-0.25, -0.2) is 0 Å². The van der Waals surface area contributed by atoms with Gasteiger partial charge in [0.2, 0.25) is 0 Å². The molecule has 0 saturated heterocycles. The van der Waals surface area contributed by atoms with Crippen LogP contribution in [0.5, 0.6) is 0 Å². The zero-order valence-electron chi connectivity index (χ0n) is 48.7. The van der Waals surface area contributed by atoms with Crippen molar-refractivity contribution in [2.75, 3.05) is 9.80 Å². The molecular weight excluding hydrogens is 953 g/mol. The summed E-state index contributed by atoms with van der Waals surface area (Å²) in [4.78, 5) is 4.37. The molecule has 2 heteroatoms. The Morgan fingerprint density at radius 2 is 0.671 bits per heavy atom. The summed E-state index contributed by atoms with van der Waals surface area (Å²) >= 11 is 0. The highest BCUT2D eigenvalue weighted by Gasteiger charge is 2.53. The molecule has 1 unspecified atom stereocenters. The van der Waals surface area contributed by atoms with Crippen LogP contribution in [-0.2, 0) is 16.2 Å².